The van der Waals surface area contributed by atoms with Crippen LogP contribution in [0, 0.1) is 13.8 Å². The van der Waals surface area contributed by atoms with Gasteiger partial charge in [-0.05, 0) is 26.7 Å². The number of aliphatic hydroxyl groups is 1. The third-order valence-electron chi connectivity index (χ3n) is 5.58. The highest BCUT2D eigenvalue weighted by Crippen LogP contribution is 2.17. The molecule has 0 aliphatic carbocycles. The van der Waals surface area contributed by atoms with Gasteiger partial charge in [-0.15, -0.1) is 0 Å². The van der Waals surface area contributed by atoms with Crippen LogP contribution in [0.5, 0.6) is 0 Å². The quantitative estimate of drug-likeness (QED) is 0.547. The fourth-order valence-corrected chi connectivity index (χ4v) is 4.09. The van der Waals surface area contributed by atoms with Crippen LogP contribution in [-0.2, 0) is 9.59 Å². The summed E-state index contributed by atoms with van der Waals surface area (Å²) in [6.07, 6.45) is 0.432. The summed E-state index contributed by atoms with van der Waals surface area (Å²) in [5, 5.41) is 23.9. The minimum absolute atomic E-state index is 0.201. The lowest BCUT2D eigenvalue weighted by atomic mass is 10.1. The number of hydrogen-bond acceptors (Lipinski definition) is 9. The van der Waals surface area contributed by atoms with E-state index in [2.05, 4.69) is 20.9 Å². The lowest BCUT2D eigenvalue weighted by Crippen LogP contribution is -2.48. The van der Waals surface area contributed by atoms with E-state index in [1.165, 1.54) is 0 Å². The van der Waals surface area contributed by atoms with Gasteiger partial charge in [0.15, 0.2) is 11.6 Å². The Kier molecular flexibility index (Phi) is 7.99. The Morgan fingerprint density at radius 3 is 1.69 bits per heavy atom. The Bertz CT molecular complexity index is 840. The van der Waals surface area contributed by atoms with Gasteiger partial charge in [-0.1, -0.05) is 24.2 Å². The van der Waals surface area contributed by atoms with Crippen LogP contribution in [0.3, 0.4) is 0 Å². The molecule has 0 spiro atoms. The van der Waals surface area contributed by atoms with Gasteiger partial charge in [-0.3, -0.25) is 19.4 Å². The Labute approximate surface area is 187 Å². The third-order valence-corrected chi connectivity index (χ3v) is 5.58. The highest BCUT2D eigenvalue weighted by atomic mass is 16.5. The number of aryl methyl sites for hydroxylation is 2. The molecule has 0 saturated carbocycles. The maximum atomic E-state index is 12.8. The van der Waals surface area contributed by atoms with Gasteiger partial charge in [-0.25, -0.2) is 0 Å². The summed E-state index contributed by atoms with van der Waals surface area (Å²) in [7, 11) is 0. The maximum Gasteiger partial charge on any atom is 0.242 e. The van der Waals surface area contributed by atoms with E-state index in [4.69, 9.17) is 9.05 Å². The Balaban J connectivity index is 1.64. The molecule has 176 valence electrons. The van der Waals surface area contributed by atoms with Crippen molar-refractivity contribution in [2.75, 3.05) is 36.8 Å². The van der Waals surface area contributed by atoms with Gasteiger partial charge in [0, 0.05) is 38.3 Å². The van der Waals surface area contributed by atoms with E-state index in [1.807, 2.05) is 23.6 Å². The Hall–Kier alpha value is -2.76. The highest BCUT2D eigenvalue weighted by molar-refractivity contribution is 5.94. The molecule has 11 nitrogen and oxygen atoms in total. The topological polar surface area (TPSA) is 137 Å². The molecule has 3 rings (SSSR count). The van der Waals surface area contributed by atoms with Crippen LogP contribution in [0.25, 0.3) is 0 Å². The van der Waals surface area contributed by atoms with Crippen LogP contribution < -0.4 is 10.6 Å². The summed E-state index contributed by atoms with van der Waals surface area (Å²) in [5.74, 6) is 1.56. The molecule has 3 heterocycles. The van der Waals surface area contributed by atoms with Gasteiger partial charge in [-0.2, -0.15) is 0 Å². The number of aromatic nitrogens is 2. The molecule has 0 aromatic carbocycles. The van der Waals surface area contributed by atoms with Crippen molar-refractivity contribution in [2.45, 2.75) is 58.7 Å². The van der Waals surface area contributed by atoms with Gasteiger partial charge >= 0.3 is 0 Å². The first kappa shape index (κ1) is 23.9. The summed E-state index contributed by atoms with van der Waals surface area (Å²) in [4.78, 5) is 29.6. The second kappa shape index (κ2) is 10.7. The number of β-amino-alcohol motifs (C(OH)–C–C–N with tert-alkyl or cyclic N) is 1. The summed E-state index contributed by atoms with van der Waals surface area (Å²) < 4.78 is 10.0. The molecule has 1 fully saturated rings. The Morgan fingerprint density at radius 2 is 1.38 bits per heavy atom. The van der Waals surface area contributed by atoms with Gasteiger partial charge in [0.2, 0.25) is 11.8 Å². The van der Waals surface area contributed by atoms with E-state index < -0.39 is 18.2 Å². The smallest absolute Gasteiger partial charge is 0.242 e. The number of rotatable bonds is 8. The molecule has 2 unspecified atom stereocenters. The molecule has 2 aromatic heterocycles. The van der Waals surface area contributed by atoms with Gasteiger partial charge in [0.25, 0.3) is 0 Å². The summed E-state index contributed by atoms with van der Waals surface area (Å²) in [5.41, 5.74) is 0. The molecular formula is C21H32N6O5. The number of hydrogen-bond donors (Lipinski definition) is 3. The predicted molar refractivity (Wildman–Crippen MR) is 117 cm³/mol. The molecule has 1 aliphatic rings. The zero-order valence-electron chi connectivity index (χ0n) is 19.0. The molecule has 11 heteroatoms. The second-order valence-corrected chi connectivity index (χ2v) is 8.12. The number of aliphatic hydroxyl groups excluding tert-OH is 1. The summed E-state index contributed by atoms with van der Waals surface area (Å²) in [6.45, 7) is 9.10. The number of nitrogens with one attached hydrogen (secondary N) is 2. The molecule has 32 heavy (non-hydrogen) atoms. The van der Waals surface area contributed by atoms with Crippen molar-refractivity contribution < 1.29 is 23.7 Å². The monoisotopic (exact) mass is 448 g/mol. The van der Waals surface area contributed by atoms with E-state index in [0.29, 0.717) is 62.2 Å². The van der Waals surface area contributed by atoms with Crippen LogP contribution in [0.4, 0.5) is 11.6 Å². The average Bonchev–Trinajstić information content (AvgIpc) is 3.28. The standard InChI is InChI=1S/C21H32N6O5/c1-5-16(20(29)22-18-9-13(3)31-24-18)26-7-8-27(12-15(28)11-26)17(6-2)21(30)23-19-10-14(4)32-25-19/h9-10,15-17,28H,5-8,11-12H2,1-4H3,(H,22,24,29)(H,23,25,30). The first-order valence-corrected chi connectivity index (χ1v) is 10.9. The van der Waals surface area contributed by atoms with Crippen molar-refractivity contribution in [3.63, 3.8) is 0 Å². The molecule has 1 saturated heterocycles. The number of carbonyl (C=O) groups is 2. The molecule has 2 amide bonds. The molecule has 2 aromatic rings. The van der Waals surface area contributed by atoms with E-state index in [1.54, 1.807) is 26.0 Å². The first-order chi connectivity index (χ1) is 15.3. The summed E-state index contributed by atoms with van der Waals surface area (Å²) in [6, 6.07) is 2.44. The average molecular weight is 449 g/mol. The lowest BCUT2D eigenvalue weighted by Gasteiger charge is -2.30. The molecular weight excluding hydrogens is 416 g/mol. The number of amides is 2. The van der Waals surface area contributed by atoms with Crippen molar-refractivity contribution in [3.8, 4) is 0 Å². The van der Waals surface area contributed by atoms with Crippen molar-refractivity contribution >= 4 is 23.5 Å². The molecule has 1 aliphatic heterocycles. The van der Waals surface area contributed by atoms with Crippen LogP contribution in [0.15, 0.2) is 21.2 Å². The number of anilines is 2. The largest absolute Gasteiger partial charge is 0.390 e. The molecule has 2 atom stereocenters. The van der Waals surface area contributed by atoms with Crippen molar-refractivity contribution in [1.29, 1.82) is 0 Å². The maximum absolute atomic E-state index is 12.8. The van der Waals surface area contributed by atoms with Crippen LogP contribution in [0.1, 0.15) is 38.2 Å². The van der Waals surface area contributed by atoms with Crippen LogP contribution >= 0.6 is 0 Å². The highest BCUT2D eigenvalue weighted by Gasteiger charge is 2.34. The molecule has 0 radical (unpaired) electrons. The van der Waals surface area contributed by atoms with E-state index in [9.17, 15) is 14.7 Å². The predicted octanol–water partition coefficient (Wildman–Crippen LogP) is 1.39. The minimum atomic E-state index is -0.704. The number of nitrogens with zero attached hydrogens (tertiary/aromatic N) is 4. The first-order valence-electron chi connectivity index (χ1n) is 10.9. The van der Waals surface area contributed by atoms with Gasteiger partial charge in [0.05, 0.1) is 18.2 Å². The summed E-state index contributed by atoms with van der Waals surface area (Å²) >= 11 is 0. The van der Waals surface area contributed by atoms with Crippen LogP contribution in [-0.4, -0.2) is 81.4 Å². The van der Waals surface area contributed by atoms with E-state index in [-0.39, 0.29) is 11.8 Å². The van der Waals surface area contributed by atoms with Crippen molar-refractivity contribution in [3.05, 3.63) is 23.7 Å². The molecule has 3 N–H and O–H groups in total. The normalized spacial score (nSPS) is 19.8. The third kappa shape index (κ3) is 5.93. The SMILES string of the molecule is CCC(C(=O)Nc1cc(C)on1)N1CCN(C(CC)C(=O)Nc2cc(C)on2)CC(O)C1. The Morgan fingerprint density at radius 1 is 0.969 bits per heavy atom. The lowest BCUT2D eigenvalue weighted by molar-refractivity contribution is -0.122. The fraction of sp³-hybridized carbons (Fsp3) is 0.619. The zero-order valence-corrected chi connectivity index (χ0v) is 19.0. The zero-order chi connectivity index (χ0) is 23.3. The van der Waals surface area contributed by atoms with E-state index >= 15 is 0 Å². The van der Waals surface area contributed by atoms with Gasteiger partial charge < -0.3 is 24.8 Å². The van der Waals surface area contributed by atoms with Gasteiger partial charge in [0.1, 0.15) is 11.5 Å². The van der Waals surface area contributed by atoms with Crippen molar-refractivity contribution in [1.82, 2.24) is 20.1 Å². The minimum Gasteiger partial charge on any atom is -0.390 e. The van der Waals surface area contributed by atoms with Crippen LogP contribution in [0.2, 0.25) is 0 Å². The van der Waals surface area contributed by atoms with E-state index in [0.717, 1.165) is 0 Å². The van der Waals surface area contributed by atoms with Crippen molar-refractivity contribution in [2.24, 2.45) is 0 Å². The number of carbonyl (C=O) groups excluding carboxylic acids is 2. The fourth-order valence-electron chi connectivity index (χ4n) is 4.09. The second-order valence-electron chi connectivity index (χ2n) is 8.12. The molecule has 0 bridgehead atoms.